The maximum absolute atomic E-state index is 13.3. The Balaban J connectivity index is 0.00000240. The van der Waals surface area contributed by atoms with Crippen LogP contribution in [0.15, 0.2) is 29.2 Å². The first-order valence-electron chi connectivity index (χ1n) is 9.12. The zero-order valence-electron chi connectivity index (χ0n) is 16.0. The van der Waals surface area contributed by atoms with Crippen LogP contribution in [0.5, 0.6) is 0 Å². The average Bonchev–Trinajstić information content (AvgIpc) is 2.65. The molecule has 0 aliphatic heterocycles. The normalized spacial score (nSPS) is 16.7. The maximum atomic E-state index is 13.3. The molecule has 2 aliphatic carbocycles. The van der Waals surface area contributed by atoms with Crippen LogP contribution in [0.1, 0.15) is 75.4 Å². The van der Waals surface area contributed by atoms with Crippen LogP contribution >= 0.6 is 0 Å². The molecule has 0 spiro atoms. The molecule has 146 valence electrons. The van der Waals surface area contributed by atoms with Crippen molar-refractivity contribution in [3.8, 4) is 0 Å². The minimum absolute atomic E-state index is 0. The van der Waals surface area contributed by atoms with Crippen molar-refractivity contribution in [1.29, 1.82) is 0 Å². The average molecular weight is 422 g/mol. The molecule has 1 fully saturated rings. The summed E-state index contributed by atoms with van der Waals surface area (Å²) in [6.45, 7) is 0. The Morgan fingerprint density at radius 3 is 1.90 bits per heavy atom. The van der Waals surface area contributed by atoms with E-state index < -0.39 is 32.3 Å². The van der Waals surface area contributed by atoms with E-state index in [-0.39, 0.29) is 69.0 Å². The van der Waals surface area contributed by atoms with Gasteiger partial charge in [-0.25, -0.2) is 8.42 Å². The summed E-state index contributed by atoms with van der Waals surface area (Å²) < 4.78 is 35.8. The molecule has 4 N–H and O–H groups in total. The van der Waals surface area contributed by atoms with Crippen LogP contribution in [-0.2, 0) is 10.1 Å². The Hall–Kier alpha value is -1.71. The fraction of sp³-hybridized carbons (Fsp3) is 0.300. The fourth-order valence-electron chi connectivity index (χ4n) is 4.49. The number of carbonyl (C=O) groups is 2. The second kappa shape index (κ2) is 7.85. The quantitative estimate of drug-likeness (QED) is 0.324. The van der Waals surface area contributed by atoms with Gasteiger partial charge in [0.1, 0.15) is 15.0 Å². The third kappa shape index (κ3) is 3.43. The van der Waals surface area contributed by atoms with Crippen molar-refractivity contribution >= 4 is 33.1 Å². The van der Waals surface area contributed by atoms with E-state index in [0.717, 1.165) is 19.3 Å². The number of carbonyl (C=O) groups excluding carboxylic acids is 2. The molecule has 29 heavy (non-hydrogen) atoms. The van der Waals surface area contributed by atoms with Gasteiger partial charge in [-0.15, -0.1) is 0 Å². The molecular formula is C20H19N2NaO5S. The molecule has 0 atom stereocenters. The molecule has 2 aromatic carbocycles. The number of benzene rings is 2. The molecule has 0 heterocycles. The molecule has 0 amide bonds. The first-order valence-corrected chi connectivity index (χ1v) is 10.5. The van der Waals surface area contributed by atoms with E-state index in [0.29, 0.717) is 12.8 Å². The van der Waals surface area contributed by atoms with Gasteiger partial charge in [-0.3, -0.25) is 9.59 Å². The minimum Gasteiger partial charge on any atom is -0.744 e. The Labute approximate surface area is 190 Å². The van der Waals surface area contributed by atoms with Gasteiger partial charge in [0.25, 0.3) is 0 Å². The summed E-state index contributed by atoms with van der Waals surface area (Å²) in [5, 5.41) is 0. The van der Waals surface area contributed by atoms with Crippen LogP contribution in [0.3, 0.4) is 0 Å². The number of anilines is 2. The largest absolute Gasteiger partial charge is 1.00 e. The van der Waals surface area contributed by atoms with Gasteiger partial charge in [-0.1, -0.05) is 43.5 Å². The van der Waals surface area contributed by atoms with E-state index in [1.807, 2.05) is 0 Å². The molecule has 2 aliphatic rings. The molecule has 0 unspecified atom stereocenters. The van der Waals surface area contributed by atoms with Crippen molar-refractivity contribution in [3.63, 3.8) is 0 Å². The van der Waals surface area contributed by atoms with Gasteiger partial charge in [-0.2, -0.15) is 0 Å². The molecule has 9 heteroatoms. The number of rotatable bonds is 2. The summed E-state index contributed by atoms with van der Waals surface area (Å²) in [5.74, 6) is -1.19. The molecule has 7 nitrogen and oxygen atoms in total. The maximum Gasteiger partial charge on any atom is 1.00 e. The number of ketones is 2. The SMILES string of the molecule is Nc1c2c(c(C3CCCCC3)c(N)c1S(=O)(=O)[O-])C(=O)c1ccccc1C2=O.[Na+]. The topological polar surface area (TPSA) is 143 Å². The van der Waals surface area contributed by atoms with Crippen LogP contribution in [-0.4, -0.2) is 24.5 Å². The van der Waals surface area contributed by atoms with E-state index in [1.54, 1.807) is 18.2 Å². The summed E-state index contributed by atoms with van der Waals surface area (Å²) in [7, 11) is -5.04. The van der Waals surface area contributed by atoms with Gasteiger partial charge in [-0.05, 0) is 24.3 Å². The third-order valence-corrected chi connectivity index (χ3v) is 6.64. The number of nitrogen functional groups attached to an aromatic ring is 2. The number of fused-ring (bicyclic) bond motifs is 2. The van der Waals surface area contributed by atoms with Crippen molar-refractivity contribution in [2.24, 2.45) is 0 Å². The molecule has 0 saturated heterocycles. The zero-order chi connectivity index (χ0) is 20.2. The second-order valence-corrected chi connectivity index (χ2v) is 8.63. The monoisotopic (exact) mass is 422 g/mol. The zero-order valence-corrected chi connectivity index (χ0v) is 18.8. The van der Waals surface area contributed by atoms with E-state index in [2.05, 4.69) is 0 Å². The van der Waals surface area contributed by atoms with Crippen LogP contribution in [0.4, 0.5) is 11.4 Å². The van der Waals surface area contributed by atoms with E-state index >= 15 is 0 Å². The summed E-state index contributed by atoms with van der Waals surface area (Å²) in [6.07, 6.45) is 4.20. The van der Waals surface area contributed by atoms with E-state index in [9.17, 15) is 22.6 Å². The number of nitrogens with two attached hydrogens (primary N) is 2. The van der Waals surface area contributed by atoms with E-state index in [4.69, 9.17) is 11.5 Å². The molecule has 1 saturated carbocycles. The van der Waals surface area contributed by atoms with Crippen molar-refractivity contribution in [2.45, 2.75) is 42.9 Å². The van der Waals surface area contributed by atoms with Gasteiger partial charge < -0.3 is 16.0 Å². The van der Waals surface area contributed by atoms with Crippen LogP contribution in [0.25, 0.3) is 0 Å². The Morgan fingerprint density at radius 1 is 0.862 bits per heavy atom. The van der Waals surface area contributed by atoms with Crippen molar-refractivity contribution in [2.75, 3.05) is 11.5 Å². The first-order chi connectivity index (χ1) is 13.2. The standard InChI is InChI=1S/C20H20N2O5S.Na/c21-16-13(10-6-2-1-3-7-10)14-15(17(22)20(16)28(25,26)27)19(24)12-9-5-4-8-11(12)18(14)23;/h4-5,8-10H,1-3,6-7,21-22H2,(H,25,26,27);/q;+1/p-1. The third-order valence-electron chi connectivity index (χ3n) is 5.70. The number of hydrogen-bond acceptors (Lipinski definition) is 7. The van der Waals surface area contributed by atoms with Crippen molar-refractivity contribution in [1.82, 2.24) is 0 Å². The van der Waals surface area contributed by atoms with Gasteiger partial charge in [0.2, 0.25) is 0 Å². The predicted molar refractivity (Wildman–Crippen MR) is 102 cm³/mol. The fourth-order valence-corrected chi connectivity index (χ4v) is 5.24. The van der Waals surface area contributed by atoms with Gasteiger partial charge in [0, 0.05) is 16.7 Å². The summed E-state index contributed by atoms with van der Waals surface area (Å²) in [6, 6.07) is 6.29. The van der Waals surface area contributed by atoms with E-state index in [1.165, 1.54) is 6.07 Å². The molecule has 0 radical (unpaired) electrons. The predicted octanol–water partition coefficient (Wildman–Crippen LogP) is -0.418. The Bertz CT molecular complexity index is 1140. The molecule has 0 bridgehead atoms. The van der Waals surface area contributed by atoms with Crippen molar-refractivity contribution < 1.29 is 52.1 Å². The van der Waals surface area contributed by atoms with Gasteiger partial charge in [0.05, 0.1) is 16.9 Å². The minimum atomic E-state index is -5.04. The second-order valence-electron chi connectivity index (χ2n) is 7.31. The summed E-state index contributed by atoms with van der Waals surface area (Å²) in [5.41, 5.74) is 11.8. The Morgan fingerprint density at radius 2 is 1.38 bits per heavy atom. The molecule has 2 aromatic rings. The van der Waals surface area contributed by atoms with Crippen LogP contribution in [0, 0.1) is 0 Å². The van der Waals surface area contributed by atoms with Crippen LogP contribution in [0.2, 0.25) is 0 Å². The Kier molecular flexibility index (Phi) is 5.95. The smallest absolute Gasteiger partial charge is 0.744 e. The van der Waals surface area contributed by atoms with Gasteiger partial charge >= 0.3 is 29.6 Å². The number of hydrogen-bond donors (Lipinski definition) is 2. The van der Waals surface area contributed by atoms with Crippen molar-refractivity contribution in [3.05, 3.63) is 52.1 Å². The van der Waals surface area contributed by atoms with Crippen LogP contribution < -0.4 is 41.0 Å². The summed E-state index contributed by atoms with van der Waals surface area (Å²) >= 11 is 0. The van der Waals surface area contributed by atoms with Gasteiger partial charge in [0.15, 0.2) is 11.6 Å². The molecule has 4 rings (SSSR count). The first kappa shape index (κ1) is 22.0. The molecule has 0 aromatic heterocycles. The summed E-state index contributed by atoms with van der Waals surface area (Å²) in [4.78, 5) is 25.6. The molecular weight excluding hydrogens is 403 g/mol.